The molecule has 0 amide bonds. The predicted molar refractivity (Wildman–Crippen MR) is 76.3 cm³/mol. The summed E-state index contributed by atoms with van der Waals surface area (Å²) in [6, 6.07) is 4.11. The van der Waals surface area contributed by atoms with Crippen molar-refractivity contribution in [2.75, 3.05) is 6.26 Å². The molecule has 2 unspecified atom stereocenters. The molecule has 1 aliphatic carbocycles. The lowest BCUT2D eigenvalue weighted by atomic mass is 9.83. The van der Waals surface area contributed by atoms with E-state index in [0.717, 1.165) is 0 Å². The van der Waals surface area contributed by atoms with Crippen molar-refractivity contribution < 1.29 is 17.6 Å². The standard InChI is InChI=1S/C14H16ClFO3S/c1-20(18,19)10-5-2-4-9(8-10)14(17)11-6-3-7-12(16)13(11)15/h3,6-7,9-10H,2,4-5,8H2,1H3. The number of rotatable bonds is 3. The van der Waals surface area contributed by atoms with Gasteiger partial charge in [-0.1, -0.05) is 24.1 Å². The summed E-state index contributed by atoms with van der Waals surface area (Å²) in [5.41, 5.74) is 0.144. The molecule has 0 radical (unpaired) electrons. The Bertz CT molecular complexity index is 627. The quantitative estimate of drug-likeness (QED) is 0.804. The van der Waals surface area contributed by atoms with Crippen LogP contribution < -0.4 is 0 Å². The van der Waals surface area contributed by atoms with E-state index in [1.54, 1.807) is 0 Å². The summed E-state index contributed by atoms with van der Waals surface area (Å²) in [5, 5.41) is -0.670. The number of sulfone groups is 1. The van der Waals surface area contributed by atoms with Crippen molar-refractivity contribution in [3.63, 3.8) is 0 Å². The van der Waals surface area contributed by atoms with Gasteiger partial charge in [0.2, 0.25) is 0 Å². The minimum absolute atomic E-state index is 0.144. The van der Waals surface area contributed by atoms with Crippen LogP contribution in [0, 0.1) is 11.7 Å². The van der Waals surface area contributed by atoms with Crippen molar-refractivity contribution in [2.24, 2.45) is 5.92 Å². The highest BCUT2D eigenvalue weighted by molar-refractivity contribution is 7.91. The molecule has 1 aliphatic rings. The van der Waals surface area contributed by atoms with Crippen LogP contribution in [0.5, 0.6) is 0 Å². The lowest BCUT2D eigenvalue weighted by molar-refractivity contribution is 0.0890. The van der Waals surface area contributed by atoms with E-state index < -0.39 is 26.8 Å². The molecule has 0 spiro atoms. The third-order valence-corrected chi connectivity index (χ3v) is 5.84. The van der Waals surface area contributed by atoms with E-state index in [1.165, 1.54) is 24.5 Å². The fourth-order valence-corrected chi connectivity index (χ4v) is 4.08. The number of carbonyl (C=O) groups is 1. The molecule has 1 fully saturated rings. The van der Waals surface area contributed by atoms with Gasteiger partial charge in [0.1, 0.15) is 15.7 Å². The molecular formula is C14H16ClFO3S. The van der Waals surface area contributed by atoms with E-state index in [1.807, 2.05) is 0 Å². The highest BCUT2D eigenvalue weighted by Gasteiger charge is 2.33. The Morgan fingerprint density at radius 3 is 2.70 bits per heavy atom. The molecule has 2 rings (SSSR count). The summed E-state index contributed by atoms with van der Waals surface area (Å²) >= 11 is 5.82. The summed E-state index contributed by atoms with van der Waals surface area (Å²) in [4.78, 5) is 12.4. The van der Waals surface area contributed by atoms with Crippen LogP contribution in [-0.2, 0) is 9.84 Å². The third kappa shape index (κ3) is 3.20. The molecule has 3 nitrogen and oxygen atoms in total. The number of hydrogen-bond donors (Lipinski definition) is 0. The molecule has 0 N–H and O–H groups in total. The Morgan fingerprint density at radius 1 is 1.35 bits per heavy atom. The van der Waals surface area contributed by atoms with E-state index in [0.29, 0.717) is 25.7 Å². The van der Waals surface area contributed by atoms with E-state index in [-0.39, 0.29) is 16.4 Å². The summed E-state index contributed by atoms with van der Waals surface area (Å²) in [7, 11) is -3.15. The van der Waals surface area contributed by atoms with Crippen LogP contribution in [-0.4, -0.2) is 25.7 Å². The highest BCUT2D eigenvalue weighted by atomic mass is 35.5. The lowest BCUT2D eigenvalue weighted by Gasteiger charge is -2.27. The molecule has 0 aromatic heterocycles. The number of hydrogen-bond acceptors (Lipinski definition) is 3. The molecule has 6 heteroatoms. The summed E-state index contributed by atoms with van der Waals surface area (Å²) in [5.74, 6) is -1.29. The number of halogens is 2. The molecule has 1 aromatic carbocycles. The second-order valence-electron chi connectivity index (χ2n) is 5.28. The van der Waals surface area contributed by atoms with Gasteiger partial charge in [0, 0.05) is 17.7 Å². The Labute approximate surface area is 123 Å². The van der Waals surface area contributed by atoms with E-state index in [2.05, 4.69) is 0 Å². The van der Waals surface area contributed by atoms with Crippen molar-refractivity contribution in [2.45, 2.75) is 30.9 Å². The first-order chi connectivity index (χ1) is 9.30. The minimum atomic E-state index is -3.15. The zero-order valence-corrected chi connectivity index (χ0v) is 12.7. The van der Waals surface area contributed by atoms with E-state index in [9.17, 15) is 17.6 Å². The molecule has 0 bridgehead atoms. The normalized spacial score (nSPS) is 23.6. The second kappa shape index (κ2) is 5.82. The molecule has 0 saturated heterocycles. The fourth-order valence-electron chi connectivity index (χ4n) is 2.69. The molecular weight excluding hydrogens is 303 g/mol. The zero-order valence-electron chi connectivity index (χ0n) is 11.1. The van der Waals surface area contributed by atoms with Crippen molar-refractivity contribution in [1.29, 1.82) is 0 Å². The van der Waals surface area contributed by atoms with Gasteiger partial charge in [-0.25, -0.2) is 12.8 Å². The summed E-state index contributed by atoms with van der Waals surface area (Å²) in [6.45, 7) is 0. The Morgan fingerprint density at radius 2 is 2.05 bits per heavy atom. The number of carbonyl (C=O) groups excluding carboxylic acids is 1. The van der Waals surface area contributed by atoms with Crippen LogP contribution >= 0.6 is 11.6 Å². The Hall–Kier alpha value is -0.940. The van der Waals surface area contributed by atoms with Gasteiger partial charge in [0.15, 0.2) is 5.78 Å². The van der Waals surface area contributed by atoms with Gasteiger partial charge < -0.3 is 0 Å². The first kappa shape index (κ1) is 15.4. The average Bonchev–Trinajstić information content (AvgIpc) is 2.40. The van der Waals surface area contributed by atoms with Crippen LogP contribution in [0.2, 0.25) is 5.02 Å². The maximum Gasteiger partial charge on any atom is 0.167 e. The largest absolute Gasteiger partial charge is 0.294 e. The average molecular weight is 319 g/mol. The van der Waals surface area contributed by atoms with Gasteiger partial charge >= 0.3 is 0 Å². The van der Waals surface area contributed by atoms with Gasteiger partial charge in [-0.05, 0) is 31.4 Å². The molecule has 2 atom stereocenters. The first-order valence-electron chi connectivity index (χ1n) is 6.48. The van der Waals surface area contributed by atoms with Crippen LogP contribution in [0.4, 0.5) is 4.39 Å². The highest BCUT2D eigenvalue weighted by Crippen LogP contribution is 2.32. The fraction of sp³-hybridized carbons (Fsp3) is 0.500. The number of Topliss-reactive ketones (excluding diaryl/α,β-unsaturated/α-hetero) is 1. The van der Waals surface area contributed by atoms with Crippen molar-refractivity contribution in [3.8, 4) is 0 Å². The zero-order chi connectivity index (χ0) is 14.9. The lowest BCUT2D eigenvalue weighted by Crippen LogP contribution is -2.31. The van der Waals surface area contributed by atoms with E-state index >= 15 is 0 Å². The summed E-state index contributed by atoms with van der Waals surface area (Å²) < 4.78 is 36.6. The summed E-state index contributed by atoms with van der Waals surface area (Å²) in [6.07, 6.45) is 3.38. The van der Waals surface area contributed by atoms with Crippen LogP contribution in [0.25, 0.3) is 0 Å². The maximum atomic E-state index is 13.4. The van der Waals surface area contributed by atoms with E-state index in [4.69, 9.17) is 11.6 Å². The van der Waals surface area contributed by atoms with Crippen LogP contribution in [0.1, 0.15) is 36.0 Å². The van der Waals surface area contributed by atoms with Gasteiger partial charge in [0.25, 0.3) is 0 Å². The van der Waals surface area contributed by atoms with Gasteiger partial charge in [-0.2, -0.15) is 0 Å². The van der Waals surface area contributed by atoms with Gasteiger partial charge in [-0.15, -0.1) is 0 Å². The Kier molecular flexibility index (Phi) is 4.49. The van der Waals surface area contributed by atoms with Crippen molar-refractivity contribution in [3.05, 3.63) is 34.6 Å². The SMILES string of the molecule is CS(=O)(=O)C1CCCC(C(=O)c2cccc(F)c2Cl)C1. The topological polar surface area (TPSA) is 51.2 Å². The smallest absolute Gasteiger partial charge is 0.167 e. The van der Waals surface area contributed by atoms with Crippen molar-refractivity contribution >= 4 is 27.2 Å². The first-order valence-corrected chi connectivity index (χ1v) is 8.81. The van der Waals surface area contributed by atoms with Crippen molar-refractivity contribution in [1.82, 2.24) is 0 Å². The minimum Gasteiger partial charge on any atom is -0.294 e. The number of benzene rings is 1. The Balaban J connectivity index is 2.23. The van der Waals surface area contributed by atoms with Gasteiger partial charge in [0.05, 0.1) is 10.3 Å². The molecule has 0 heterocycles. The molecule has 110 valence electrons. The maximum absolute atomic E-state index is 13.4. The van der Waals surface area contributed by atoms with Crippen LogP contribution in [0.3, 0.4) is 0 Å². The monoisotopic (exact) mass is 318 g/mol. The second-order valence-corrected chi connectivity index (χ2v) is 7.98. The molecule has 20 heavy (non-hydrogen) atoms. The van der Waals surface area contributed by atoms with Gasteiger partial charge in [-0.3, -0.25) is 4.79 Å². The predicted octanol–water partition coefficient (Wildman–Crippen LogP) is 3.27. The molecule has 1 saturated carbocycles. The third-order valence-electron chi connectivity index (χ3n) is 3.82. The molecule has 1 aromatic rings. The molecule has 0 aliphatic heterocycles. The van der Waals surface area contributed by atoms with Crippen LogP contribution in [0.15, 0.2) is 18.2 Å². The number of ketones is 1.